The molecule has 4 aromatic rings. The Kier molecular flexibility index (Phi) is 6.24. The topological polar surface area (TPSA) is 111 Å². The number of nitrogens with zero attached hydrogens (tertiary/aromatic N) is 5. The van der Waals surface area contributed by atoms with Crippen molar-refractivity contribution in [1.29, 1.82) is 0 Å². The highest BCUT2D eigenvalue weighted by Crippen LogP contribution is 2.28. The van der Waals surface area contributed by atoms with E-state index in [4.69, 9.17) is 4.42 Å². The first-order valence-corrected chi connectivity index (χ1v) is 13.4. The van der Waals surface area contributed by atoms with E-state index in [9.17, 15) is 13.2 Å². The van der Waals surface area contributed by atoms with Gasteiger partial charge in [-0.15, -0.1) is 10.2 Å². The maximum absolute atomic E-state index is 13.0. The van der Waals surface area contributed by atoms with E-state index >= 15 is 0 Å². The molecule has 0 bridgehead atoms. The smallest absolute Gasteiger partial charge is 0.277 e. The van der Waals surface area contributed by atoms with Gasteiger partial charge in [0.2, 0.25) is 15.9 Å². The van der Waals surface area contributed by atoms with Crippen LogP contribution >= 0.6 is 11.8 Å². The number of fused-ring (bicyclic) bond motifs is 1. The first-order valence-electron chi connectivity index (χ1n) is 11.0. The predicted octanol–water partition coefficient (Wildman–Crippen LogP) is 3.52. The van der Waals surface area contributed by atoms with Crippen LogP contribution in [0.4, 0.5) is 0 Å². The molecule has 1 saturated heterocycles. The minimum Gasteiger partial charge on any atom is -0.411 e. The standard InChI is InChI=1S/C23H23N5O4S2/c1-16-7-6-12-28-20(29)14-18(24-21(16)28)15-33-23-26-25-22(32-23)17-8-5-9-19(13-17)34(30,31)27-10-3-2-4-11-27/h5-9,12-14H,2-4,10-11,15H2,1H3. The number of pyridine rings is 1. The van der Waals surface area contributed by atoms with Gasteiger partial charge in [-0.2, -0.15) is 4.31 Å². The van der Waals surface area contributed by atoms with Gasteiger partial charge in [-0.3, -0.25) is 9.20 Å². The van der Waals surface area contributed by atoms with Crippen molar-refractivity contribution in [1.82, 2.24) is 23.9 Å². The number of aromatic nitrogens is 4. The molecule has 1 aromatic carbocycles. The fourth-order valence-electron chi connectivity index (χ4n) is 3.95. The van der Waals surface area contributed by atoms with Crippen LogP contribution in [0.1, 0.15) is 30.5 Å². The number of hydrogen-bond acceptors (Lipinski definition) is 8. The number of aryl methyl sites for hydroxylation is 1. The molecular weight excluding hydrogens is 474 g/mol. The fraction of sp³-hybridized carbons (Fsp3) is 0.304. The van der Waals surface area contributed by atoms with E-state index < -0.39 is 10.0 Å². The molecule has 0 aliphatic carbocycles. The zero-order valence-electron chi connectivity index (χ0n) is 18.5. The summed E-state index contributed by atoms with van der Waals surface area (Å²) in [6, 6.07) is 11.8. The van der Waals surface area contributed by atoms with Gasteiger partial charge in [0.05, 0.1) is 10.6 Å². The highest BCUT2D eigenvalue weighted by Gasteiger charge is 2.26. The number of rotatable bonds is 6. The molecule has 0 atom stereocenters. The number of piperidine rings is 1. The SMILES string of the molecule is Cc1cccn2c(=O)cc(CSc3nnc(-c4cccc(S(=O)(=O)N5CCCCC5)c4)o3)nc12. The lowest BCUT2D eigenvalue weighted by molar-refractivity contribution is 0.346. The van der Waals surface area contributed by atoms with Gasteiger partial charge in [0.15, 0.2) is 0 Å². The number of thioether (sulfide) groups is 1. The van der Waals surface area contributed by atoms with Crippen LogP contribution in [0.15, 0.2) is 68.0 Å². The summed E-state index contributed by atoms with van der Waals surface area (Å²) in [5.41, 5.74) is 2.52. The summed E-state index contributed by atoms with van der Waals surface area (Å²) in [5.74, 6) is 0.617. The zero-order valence-corrected chi connectivity index (χ0v) is 20.2. The third-order valence-corrected chi connectivity index (χ3v) is 8.47. The summed E-state index contributed by atoms with van der Waals surface area (Å²) < 4.78 is 34.8. The molecule has 5 rings (SSSR count). The summed E-state index contributed by atoms with van der Waals surface area (Å²) in [6.45, 7) is 2.99. The van der Waals surface area contributed by atoms with Crippen LogP contribution in [0.25, 0.3) is 17.1 Å². The molecule has 34 heavy (non-hydrogen) atoms. The largest absolute Gasteiger partial charge is 0.411 e. The van der Waals surface area contributed by atoms with Crippen molar-refractivity contribution >= 4 is 27.4 Å². The monoisotopic (exact) mass is 497 g/mol. The Balaban J connectivity index is 1.34. The van der Waals surface area contributed by atoms with Crippen molar-refractivity contribution in [2.75, 3.05) is 13.1 Å². The van der Waals surface area contributed by atoms with Gasteiger partial charge in [0.1, 0.15) is 5.65 Å². The number of hydrogen-bond donors (Lipinski definition) is 0. The molecule has 11 heteroatoms. The molecule has 0 spiro atoms. The fourth-order valence-corrected chi connectivity index (χ4v) is 6.17. The molecule has 0 N–H and O–H groups in total. The van der Waals surface area contributed by atoms with Crippen LogP contribution in [0.5, 0.6) is 0 Å². The van der Waals surface area contributed by atoms with E-state index in [2.05, 4.69) is 15.2 Å². The van der Waals surface area contributed by atoms with E-state index in [1.807, 2.05) is 19.1 Å². The van der Waals surface area contributed by atoms with Gasteiger partial charge in [0, 0.05) is 36.7 Å². The first-order chi connectivity index (χ1) is 16.4. The molecule has 1 fully saturated rings. The molecule has 3 aromatic heterocycles. The normalized spacial score (nSPS) is 15.1. The Labute approximate surface area is 200 Å². The Bertz CT molecular complexity index is 1510. The van der Waals surface area contributed by atoms with Crippen LogP contribution in [-0.2, 0) is 15.8 Å². The van der Waals surface area contributed by atoms with E-state index in [0.29, 0.717) is 41.0 Å². The second kappa shape index (κ2) is 9.32. The molecule has 4 heterocycles. The lowest BCUT2D eigenvalue weighted by Gasteiger charge is -2.25. The predicted molar refractivity (Wildman–Crippen MR) is 128 cm³/mol. The van der Waals surface area contributed by atoms with Crippen LogP contribution < -0.4 is 5.56 Å². The lowest BCUT2D eigenvalue weighted by Crippen LogP contribution is -2.35. The van der Waals surface area contributed by atoms with E-state index in [1.165, 1.54) is 26.5 Å². The summed E-state index contributed by atoms with van der Waals surface area (Å²) in [7, 11) is -3.56. The highest BCUT2D eigenvalue weighted by atomic mass is 32.2. The molecule has 1 aliphatic rings. The summed E-state index contributed by atoms with van der Waals surface area (Å²) in [6.07, 6.45) is 4.50. The van der Waals surface area contributed by atoms with Crippen LogP contribution in [0.2, 0.25) is 0 Å². The molecule has 1 aliphatic heterocycles. The average molecular weight is 498 g/mol. The van der Waals surface area contributed by atoms with Crippen molar-refractivity contribution < 1.29 is 12.8 Å². The first kappa shape index (κ1) is 22.8. The highest BCUT2D eigenvalue weighted by molar-refractivity contribution is 7.98. The number of sulfonamides is 1. The lowest BCUT2D eigenvalue weighted by atomic mass is 10.2. The molecular formula is C23H23N5O4S2. The van der Waals surface area contributed by atoms with Gasteiger partial charge >= 0.3 is 0 Å². The van der Waals surface area contributed by atoms with Crippen LogP contribution in [0.3, 0.4) is 0 Å². The van der Waals surface area contributed by atoms with Crippen molar-refractivity contribution in [3.63, 3.8) is 0 Å². The molecule has 0 amide bonds. The summed E-state index contributed by atoms with van der Waals surface area (Å²) >= 11 is 1.27. The second-order valence-corrected chi connectivity index (χ2v) is 11.0. The van der Waals surface area contributed by atoms with Crippen LogP contribution in [-0.4, -0.2) is 45.4 Å². The van der Waals surface area contributed by atoms with Crippen molar-refractivity contribution in [3.05, 3.63) is 70.3 Å². The Morgan fingerprint density at radius 1 is 1.06 bits per heavy atom. The summed E-state index contributed by atoms with van der Waals surface area (Å²) in [4.78, 5) is 17.2. The average Bonchev–Trinajstić information content (AvgIpc) is 3.33. The maximum atomic E-state index is 13.0. The minimum atomic E-state index is -3.56. The van der Waals surface area contributed by atoms with E-state index in [-0.39, 0.29) is 16.3 Å². The quantitative estimate of drug-likeness (QED) is 0.372. The second-order valence-electron chi connectivity index (χ2n) is 8.12. The Hall–Kier alpha value is -3.02. The third-order valence-electron chi connectivity index (χ3n) is 5.72. The van der Waals surface area contributed by atoms with Gasteiger partial charge in [0.25, 0.3) is 10.8 Å². The Morgan fingerprint density at radius 2 is 1.88 bits per heavy atom. The van der Waals surface area contributed by atoms with Gasteiger partial charge in [-0.25, -0.2) is 13.4 Å². The Morgan fingerprint density at radius 3 is 2.71 bits per heavy atom. The summed E-state index contributed by atoms with van der Waals surface area (Å²) in [5, 5.41) is 8.46. The molecule has 0 saturated carbocycles. The van der Waals surface area contributed by atoms with E-state index in [0.717, 1.165) is 24.8 Å². The van der Waals surface area contributed by atoms with Crippen LogP contribution in [0, 0.1) is 6.92 Å². The molecule has 0 unspecified atom stereocenters. The molecule has 9 nitrogen and oxygen atoms in total. The molecule has 176 valence electrons. The van der Waals surface area contributed by atoms with Crippen molar-refractivity contribution in [2.45, 2.75) is 42.1 Å². The van der Waals surface area contributed by atoms with Gasteiger partial charge in [-0.1, -0.05) is 30.3 Å². The van der Waals surface area contributed by atoms with Gasteiger partial charge in [-0.05, 0) is 49.6 Å². The van der Waals surface area contributed by atoms with Gasteiger partial charge < -0.3 is 4.42 Å². The van der Waals surface area contributed by atoms with E-state index in [1.54, 1.807) is 30.5 Å². The minimum absolute atomic E-state index is 0.151. The maximum Gasteiger partial charge on any atom is 0.277 e. The van der Waals surface area contributed by atoms with Crippen molar-refractivity contribution in [3.8, 4) is 11.5 Å². The zero-order chi connectivity index (χ0) is 23.7. The molecule has 0 radical (unpaired) electrons. The number of benzene rings is 1. The van der Waals surface area contributed by atoms with Crippen molar-refractivity contribution in [2.24, 2.45) is 0 Å². The third kappa shape index (κ3) is 4.50.